The number of nitrogens with zero attached hydrogens (tertiary/aromatic N) is 3. The molecule has 120 valence electrons. The van der Waals surface area contributed by atoms with Crippen LogP contribution in [0.5, 0.6) is 0 Å². The molecule has 0 bridgehead atoms. The van der Waals surface area contributed by atoms with Gasteiger partial charge >= 0.3 is 0 Å². The Hall–Kier alpha value is -1.34. The van der Waals surface area contributed by atoms with Gasteiger partial charge in [-0.3, -0.25) is 4.79 Å². The highest BCUT2D eigenvalue weighted by Crippen LogP contribution is 2.22. The van der Waals surface area contributed by atoms with Gasteiger partial charge in [0.2, 0.25) is 5.91 Å². The Bertz CT molecular complexity index is 654. The topological polar surface area (TPSA) is 70.6 Å². The van der Waals surface area contributed by atoms with Crippen LogP contribution in [0.3, 0.4) is 0 Å². The molecular weight excluding hydrogens is 326 g/mol. The molecule has 0 aromatic carbocycles. The molecule has 0 spiro atoms. The molecule has 0 saturated carbocycles. The first-order valence-electron chi connectivity index (χ1n) is 7.30. The van der Waals surface area contributed by atoms with Gasteiger partial charge in [-0.15, -0.1) is 0 Å². The first-order valence-corrected chi connectivity index (χ1v) is 9.50. The lowest BCUT2D eigenvalue weighted by molar-refractivity contribution is -0.135. The van der Waals surface area contributed by atoms with E-state index in [0.717, 1.165) is 5.82 Å². The fraction of sp³-hybridized carbons (Fsp3) is 0.571. The smallest absolute Gasteiger partial charge is 0.226 e. The van der Waals surface area contributed by atoms with E-state index < -0.39 is 9.84 Å². The van der Waals surface area contributed by atoms with Crippen molar-refractivity contribution in [3.63, 3.8) is 0 Å². The maximum Gasteiger partial charge on any atom is 0.226 e. The van der Waals surface area contributed by atoms with E-state index >= 15 is 0 Å². The van der Waals surface area contributed by atoms with Crippen molar-refractivity contribution in [3.05, 3.63) is 23.4 Å². The fourth-order valence-corrected chi connectivity index (χ4v) is 4.80. The van der Waals surface area contributed by atoms with Crippen LogP contribution in [-0.4, -0.2) is 61.9 Å². The van der Waals surface area contributed by atoms with Crippen LogP contribution in [0.4, 0.5) is 5.82 Å². The zero-order chi connectivity index (χ0) is 15.7. The highest BCUT2D eigenvalue weighted by Gasteiger charge is 2.36. The molecule has 0 radical (unpaired) electrons. The van der Waals surface area contributed by atoms with Crippen LogP contribution in [0.15, 0.2) is 18.3 Å². The number of amides is 1. The molecule has 1 atom stereocenters. The minimum absolute atomic E-state index is 0.00475. The van der Waals surface area contributed by atoms with E-state index in [9.17, 15) is 13.2 Å². The highest BCUT2D eigenvalue weighted by molar-refractivity contribution is 7.91. The van der Waals surface area contributed by atoms with E-state index in [1.54, 1.807) is 17.2 Å². The summed E-state index contributed by atoms with van der Waals surface area (Å²) in [5.74, 6) is 0.609. The Balaban J connectivity index is 1.57. The van der Waals surface area contributed by atoms with Gasteiger partial charge in [-0.25, -0.2) is 13.4 Å². The average Bonchev–Trinajstić information content (AvgIpc) is 2.88. The number of rotatable bonds is 2. The third-order valence-corrected chi connectivity index (χ3v) is 6.20. The monoisotopic (exact) mass is 343 g/mol. The molecule has 6 nitrogen and oxygen atoms in total. The molecule has 2 aliphatic rings. The van der Waals surface area contributed by atoms with Gasteiger partial charge in [0.05, 0.1) is 22.4 Å². The Morgan fingerprint density at radius 2 is 1.95 bits per heavy atom. The van der Waals surface area contributed by atoms with E-state index in [4.69, 9.17) is 11.6 Å². The maximum absolute atomic E-state index is 12.4. The molecule has 2 saturated heterocycles. The predicted molar refractivity (Wildman–Crippen MR) is 84.8 cm³/mol. The molecule has 2 aliphatic heterocycles. The van der Waals surface area contributed by atoms with Gasteiger partial charge < -0.3 is 9.80 Å². The standard InChI is InChI=1S/C14H18ClN3O3S/c15-12-1-2-13(16-9-12)17-4-6-18(7-5-17)14(19)11-3-8-22(20,21)10-11/h1-2,9,11H,3-8,10H2/t11-/m1/s1. The number of carbonyl (C=O) groups excluding carboxylic acids is 1. The number of halogens is 1. The SMILES string of the molecule is O=C([C@@H]1CCS(=O)(=O)C1)N1CCN(c2ccc(Cl)cn2)CC1. The molecular formula is C14H18ClN3O3S. The second-order valence-electron chi connectivity index (χ2n) is 5.75. The van der Waals surface area contributed by atoms with E-state index in [0.29, 0.717) is 37.6 Å². The summed E-state index contributed by atoms with van der Waals surface area (Å²) in [6, 6.07) is 3.66. The molecule has 0 unspecified atom stereocenters. The Labute approximate surface area is 135 Å². The van der Waals surface area contributed by atoms with Crippen molar-refractivity contribution in [1.29, 1.82) is 0 Å². The van der Waals surface area contributed by atoms with Crippen LogP contribution >= 0.6 is 11.6 Å². The molecule has 1 aromatic heterocycles. The first-order chi connectivity index (χ1) is 10.4. The van der Waals surface area contributed by atoms with Crippen LogP contribution in [0, 0.1) is 5.92 Å². The predicted octanol–water partition coefficient (Wildman–Crippen LogP) is 0.818. The zero-order valence-electron chi connectivity index (χ0n) is 12.1. The largest absolute Gasteiger partial charge is 0.353 e. The summed E-state index contributed by atoms with van der Waals surface area (Å²) >= 11 is 5.83. The summed E-state index contributed by atoms with van der Waals surface area (Å²) in [6.45, 7) is 2.58. The molecule has 22 heavy (non-hydrogen) atoms. The normalized spacial score (nSPS) is 24.5. The van der Waals surface area contributed by atoms with Crippen molar-refractivity contribution in [2.24, 2.45) is 5.92 Å². The van der Waals surface area contributed by atoms with Gasteiger partial charge in [0.25, 0.3) is 0 Å². The summed E-state index contributed by atoms with van der Waals surface area (Å²) in [6.07, 6.45) is 2.07. The van der Waals surface area contributed by atoms with Crippen LogP contribution in [0.25, 0.3) is 0 Å². The Morgan fingerprint density at radius 3 is 2.50 bits per heavy atom. The molecule has 3 rings (SSSR count). The van der Waals surface area contributed by atoms with E-state index in [2.05, 4.69) is 9.88 Å². The van der Waals surface area contributed by atoms with Crippen LogP contribution in [0.2, 0.25) is 5.02 Å². The molecule has 0 N–H and O–H groups in total. The lowest BCUT2D eigenvalue weighted by Gasteiger charge is -2.36. The maximum atomic E-state index is 12.4. The van der Waals surface area contributed by atoms with Crippen molar-refractivity contribution in [2.75, 3.05) is 42.6 Å². The summed E-state index contributed by atoms with van der Waals surface area (Å²) in [5.41, 5.74) is 0. The zero-order valence-corrected chi connectivity index (χ0v) is 13.7. The Kier molecular flexibility index (Phi) is 4.27. The van der Waals surface area contributed by atoms with Gasteiger partial charge in [-0.2, -0.15) is 0 Å². The van der Waals surface area contributed by atoms with E-state index in [-0.39, 0.29) is 23.3 Å². The third-order valence-electron chi connectivity index (χ3n) is 4.21. The average molecular weight is 344 g/mol. The number of carbonyl (C=O) groups is 1. The van der Waals surface area contributed by atoms with Crippen molar-refractivity contribution < 1.29 is 13.2 Å². The van der Waals surface area contributed by atoms with Gasteiger partial charge in [0.1, 0.15) is 5.82 Å². The second kappa shape index (κ2) is 6.04. The Morgan fingerprint density at radius 1 is 1.23 bits per heavy atom. The molecule has 3 heterocycles. The lowest BCUT2D eigenvalue weighted by atomic mass is 10.1. The van der Waals surface area contributed by atoms with Crippen molar-refractivity contribution in [2.45, 2.75) is 6.42 Å². The number of piperazine rings is 1. The van der Waals surface area contributed by atoms with Crippen molar-refractivity contribution in [3.8, 4) is 0 Å². The molecule has 2 fully saturated rings. The van der Waals surface area contributed by atoms with Crippen LogP contribution < -0.4 is 4.90 Å². The first kappa shape index (κ1) is 15.6. The van der Waals surface area contributed by atoms with E-state index in [1.165, 1.54) is 0 Å². The van der Waals surface area contributed by atoms with E-state index in [1.807, 2.05) is 6.07 Å². The van der Waals surface area contributed by atoms with Crippen molar-refractivity contribution in [1.82, 2.24) is 9.88 Å². The van der Waals surface area contributed by atoms with Crippen LogP contribution in [-0.2, 0) is 14.6 Å². The summed E-state index contributed by atoms with van der Waals surface area (Å²) in [4.78, 5) is 20.5. The highest BCUT2D eigenvalue weighted by atomic mass is 35.5. The number of sulfone groups is 1. The minimum atomic E-state index is -3.02. The van der Waals surface area contributed by atoms with Crippen molar-refractivity contribution >= 4 is 33.2 Å². The molecule has 1 amide bonds. The number of anilines is 1. The van der Waals surface area contributed by atoms with Crippen LogP contribution in [0.1, 0.15) is 6.42 Å². The summed E-state index contributed by atoms with van der Waals surface area (Å²) in [5, 5.41) is 0.597. The lowest BCUT2D eigenvalue weighted by Crippen LogP contribution is -2.50. The molecule has 1 aromatic rings. The van der Waals surface area contributed by atoms with Gasteiger partial charge in [0, 0.05) is 32.4 Å². The number of hydrogen-bond donors (Lipinski definition) is 0. The number of hydrogen-bond acceptors (Lipinski definition) is 5. The quantitative estimate of drug-likeness (QED) is 0.795. The molecule has 0 aliphatic carbocycles. The molecule has 8 heteroatoms. The number of aromatic nitrogens is 1. The van der Waals surface area contributed by atoms with Gasteiger partial charge in [0.15, 0.2) is 9.84 Å². The van der Waals surface area contributed by atoms with Gasteiger partial charge in [-0.05, 0) is 18.6 Å². The minimum Gasteiger partial charge on any atom is -0.353 e. The summed E-state index contributed by atoms with van der Waals surface area (Å²) < 4.78 is 23.0. The second-order valence-corrected chi connectivity index (χ2v) is 8.41. The summed E-state index contributed by atoms with van der Waals surface area (Å²) in [7, 11) is -3.02. The fourth-order valence-electron chi connectivity index (χ4n) is 2.96. The number of pyridine rings is 1. The van der Waals surface area contributed by atoms with Gasteiger partial charge in [-0.1, -0.05) is 11.6 Å². The third kappa shape index (κ3) is 3.35.